The Hall–Kier alpha value is -10.6. The van der Waals surface area contributed by atoms with Crippen molar-refractivity contribution in [1.29, 1.82) is 0 Å². The Morgan fingerprint density at radius 3 is 0.598 bits per heavy atom. The van der Waals surface area contributed by atoms with Gasteiger partial charge in [-0.2, -0.15) is 0 Å². The fourth-order valence-electron chi connectivity index (χ4n) is 11.6. The molecule has 13 rings (SSSR count). The summed E-state index contributed by atoms with van der Waals surface area (Å²) < 4.78 is 0. The molecule has 2 aliphatic rings. The molecule has 0 aliphatic carbocycles. The molecule has 0 aromatic heterocycles. The quantitative estimate of drug-likeness (QED) is 0.103. The van der Waals surface area contributed by atoms with E-state index in [1.54, 1.807) is 9.80 Å². The molecule has 0 unspecified atom stereocenters. The van der Waals surface area contributed by atoms with Gasteiger partial charge in [0.1, 0.15) is 0 Å². The molecule has 0 radical (unpaired) electrons. The Morgan fingerprint density at radius 2 is 0.402 bits per heavy atom. The maximum atomic E-state index is 14.9. The van der Waals surface area contributed by atoms with Crippen molar-refractivity contribution in [3.8, 4) is 55.6 Å². The van der Waals surface area contributed by atoms with E-state index in [0.29, 0.717) is 35.6 Å². The minimum atomic E-state index is -0.173. The minimum Gasteiger partial charge on any atom is -0.311 e. The molecule has 0 saturated carbocycles. The number of anilines is 6. The van der Waals surface area contributed by atoms with Crippen LogP contribution in [0.3, 0.4) is 0 Å². The third-order valence-corrected chi connectivity index (χ3v) is 15.8. The largest absolute Gasteiger partial charge is 0.311 e. The maximum absolute atomic E-state index is 14.9. The molecule has 11 aromatic carbocycles. The van der Waals surface area contributed by atoms with Crippen molar-refractivity contribution in [2.24, 2.45) is 0 Å². The van der Waals surface area contributed by atoms with E-state index < -0.39 is 0 Å². The van der Waals surface area contributed by atoms with E-state index in [-0.39, 0.29) is 11.8 Å². The smallest absolute Gasteiger partial charge is 0.261 e. The van der Waals surface area contributed by atoms with Crippen molar-refractivity contribution >= 4 is 57.3 Å². The van der Waals surface area contributed by atoms with E-state index in [4.69, 9.17) is 0 Å². The van der Waals surface area contributed by atoms with E-state index in [1.807, 2.05) is 62.4 Å². The lowest BCUT2D eigenvalue weighted by Crippen LogP contribution is -2.29. The zero-order valence-corrected chi connectivity index (χ0v) is 45.7. The van der Waals surface area contributed by atoms with E-state index >= 15 is 0 Å². The lowest BCUT2D eigenvalue weighted by Gasteiger charge is -2.27. The highest BCUT2D eigenvalue weighted by Crippen LogP contribution is 2.48. The number of hydrogen-bond acceptors (Lipinski definition) is 4. The number of benzene rings is 11. The average molecular weight is 1060 g/mol. The van der Waals surface area contributed by atoms with Gasteiger partial charge in [-0.05, 0) is 153 Å². The molecule has 2 amide bonds. The summed E-state index contributed by atoms with van der Waals surface area (Å²) in [6, 6.07) is 102. The highest BCUT2D eigenvalue weighted by atomic mass is 16.2. The van der Waals surface area contributed by atoms with Gasteiger partial charge in [0.05, 0.1) is 22.5 Å². The lowest BCUT2D eigenvalue weighted by molar-refractivity contribution is -0.124. The van der Waals surface area contributed by atoms with E-state index in [9.17, 15) is 9.59 Å². The molecule has 394 valence electrons. The van der Waals surface area contributed by atoms with Crippen LogP contribution in [0.2, 0.25) is 0 Å². The number of likely N-dealkylation sites (N-methyl/N-ethyl adjacent to an activating group) is 2. The van der Waals surface area contributed by atoms with Crippen LogP contribution in [-0.2, 0) is 9.59 Å². The first kappa shape index (κ1) is 50.9. The van der Waals surface area contributed by atoms with Crippen LogP contribution in [-0.4, -0.2) is 34.7 Å². The van der Waals surface area contributed by atoms with E-state index in [0.717, 1.165) is 89.8 Å². The second kappa shape index (κ2) is 22.3. The van der Waals surface area contributed by atoms with Crippen molar-refractivity contribution < 1.29 is 9.59 Å². The van der Waals surface area contributed by atoms with Gasteiger partial charge in [0.15, 0.2) is 0 Å². The standard InChI is InChI=1S/C76H58N4O2/c1-3-77-73(63-37-49-69(50-38-63)79(65-41-29-59(30-42-65)54-19-11-6-12-20-54)66-43-31-60(32-44-66)55-21-13-7-14-22-55)71-72(76(77)82)74(78(4-2)75(71)81)64-39-51-70(52-40-64)80(67-45-33-61(34-46-67)56-23-15-8-16-24-56)68-47-35-62(36-48-68)58-27-25-57(26-28-58)53-17-9-5-10-18-53/h5-52H,3-4H2,1-2H3. The molecule has 0 atom stereocenters. The summed E-state index contributed by atoms with van der Waals surface area (Å²) in [7, 11) is 0. The van der Waals surface area contributed by atoms with Crippen LogP contribution in [0.4, 0.5) is 34.1 Å². The van der Waals surface area contributed by atoms with Gasteiger partial charge in [-0.25, -0.2) is 0 Å². The van der Waals surface area contributed by atoms with Crippen molar-refractivity contribution in [2.75, 3.05) is 22.9 Å². The van der Waals surface area contributed by atoms with Crippen LogP contribution >= 0.6 is 0 Å². The Balaban J connectivity index is 0.844. The average Bonchev–Trinajstić information content (AvgIpc) is 4.25. The zero-order valence-electron chi connectivity index (χ0n) is 45.7. The second-order valence-corrected chi connectivity index (χ2v) is 20.5. The first-order chi connectivity index (χ1) is 40.4. The lowest BCUT2D eigenvalue weighted by atomic mass is 10.00. The summed E-state index contributed by atoms with van der Waals surface area (Å²) >= 11 is 0. The van der Waals surface area contributed by atoms with Gasteiger partial charge >= 0.3 is 0 Å². The highest BCUT2D eigenvalue weighted by molar-refractivity contribution is 6.30. The van der Waals surface area contributed by atoms with Crippen LogP contribution < -0.4 is 9.80 Å². The second-order valence-electron chi connectivity index (χ2n) is 20.5. The molecule has 0 bridgehead atoms. The van der Waals surface area contributed by atoms with Gasteiger partial charge in [0.2, 0.25) is 0 Å². The summed E-state index contributed by atoms with van der Waals surface area (Å²) in [4.78, 5) is 37.9. The van der Waals surface area contributed by atoms with Gasteiger partial charge in [0.25, 0.3) is 11.8 Å². The predicted molar refractivity (Wildman–Crippen MR) is 338 cm³/mol. The Morgan fingerprint density at radius 1 is 0.232 bits per heavy atom. The van der Waals surface area contributed by atoms with Gasteiger partial charge in [-0.1, -0.05) is 218 Å². The SMILES string of the molecule is CCN1C(=O)C2=C(c3ccc(N(c4ccc(-c5ccccc5)cc4)c4ccc(-c5ccc(-c6ccccc6)cc5)cc4)cc3)N(CC)C(=O)C2=C1c1ccc(N(c2ccc(-c3ccccc3)cc2)c2ccc(-c3ccccc3)cc2)cc1. The molecule has 82 heavy (non-hydrogen) atoms. The number of carbonyl (C=O) groups is 2. The Kier molecular flexibility index (Phi) is 13.8. The number of carbonyl (C=O) groups excluding carboxylic acids is 2. The highest BCUT2D eigenvalue weighted by Gasteiger charge is 2.48. The van der Waals surface area contributed by atoms with Crippen molar-refractivity contribution in [2.45, 2.75) is 13.8 Å². The van der Waals surface area contributed by atoms with E-state index in [2.05, 4.69) is 252 Å². The van der Waals surface area contributed by atoms with Crippen molar-refractivity contribution in [3.05, 3.63) is 313 Å². The molecule has 6 heteroatoms. The first-order valence-corrected chi connectivity index (χ1v) is 28.1. The molecular weight excluding hydrogens is 1000 g/mol. The molecule has 0 saturated heterocycles. The van der Waals surface area contributed by atoms with Crippen LogP contribution in [0.25, 0.3) is 67.0 Å². The number of hydrogen-bond donors (Lipinski definition) is 0. The third kappa shape index (κ3) is 9.67. The molecule has 2 aliphatic heterocycles. The first-order valence-electron chi connectivity index (χ1n) is 28.1. The number of nitrogens with zero attached hydrogens (tertiary/aromatic N) is 4. The van der Waals surface area contributed by atoms with Crippen LogP contribution in [0, 0.1) is 0 Å². The Labute approximate surface area is 480 Å². The molecule has 2 heterocycles. The number of amides is 2. The molecule has 0 fully saturated rings. The normalized spacial score (nSPS) is 13.0. The fourth-order valence-corrected chi connectivity index (χ4v) is 11.6. The van der Waals surface area contributed by atoms with Crippen LogP contribution in [0.15, 0.2) is 302 Å². The summed E-state index contributed by atoms with van der Waals surface area (Å²) in [6.07, 6.45) is 0. The maximum Gasteiger partial charge on any atom is 0.261 e. The summed E-state index contributed by atoms with van der Waals surface area (Å²) in [5.74, 6) is -0.345. The van der Waals surface area contributed by atoms with Gasteiger partial charge in [-0.15, -0.1) is 0 Å². The Bertz CT molecular complexity index is 4040. The molecule has 0 N–H and O–H groups in total. The van der Waals surface area contributed by atoms with E-state index in [1.165, 1.54) is 11.1 Å². The van der Waals surface area contributed by atoms with Crippen LogP contribution in [0.5, 0.6) is 0 Å². The number of rotatable bonds is 15. The molecule has 0 spiro atoms. The third-order valence-electron chi connectivity index (χ3n) is 15.8. The van der Waals surface area contributed by atoms with Crippen LogP contribution in [0.1, 0.15) is 25.0 Å². The monoisotopic (exact) mass is 1060 g/mol. The molecular formula is C76H58N4O2. The van der Waals surface area contributed by atoms with Crippen molar-refractivity contribution in [3.63, 3.8) is 0 Å². The molecule has 6 nitrogen and oxygen atoms in total. The molecule has 11 aromatic rings. The zero-order chi connectivity index (χ0) is 55.5. The van der Waals surface area contributed by atoms with Gasteiger partial charge < -0.3 is 19.6 Å². The van der Waals surface area contributed by atoms with Crippen molar-refractivity contribution in [1.82, 2.24) is 9.80 Å². The minimum absolute atomic E-state index is 0.173. The van der Waals surface area contributed by atoms with Gasteiger partial charge in [0, 0.05) is 47.2 Å². The predicted octanol–water partition coefficient (Wildman–Crippen LogP) is 18.8. The summed E-state index contributed by atoms with van der Waals surface area (Å²) in [5.41, 5.74) is 21.1. The topological polar surface area (TPSA) is 47.1 Å². The van der Waals surface area contributed by atoms with Gasteiger partial charge in [-0.3, -0.25) is 9.59 Å². The fraction of sp³-hybridized carbons (Fsp3) is 0.0526. The summed E-state index contributed by atoms with van der Waals surface area (Å²) in [5, 5.41) is 0. The number of fused-ring (bicyclic) bond motifs is 1. The summed E-state index contributed by atoms with van der Waals surface area (Å²) in [6.45, 7) is 4.75.